The fraction of sp³-hybridized carbons (Fsp3) is 0.318. The van der Waals surface area contributed by atoms with Gasteiger partial charge in [0, 0.05) is 23.7 Å². The molecule has 0 saturated carbocycles. The summed E-state index contributed by atoms with van der Waals surface area (Å²) < 4.78 is 14.3. The number of nitrogens with one attached hydrogen (secondary N) is 2. The van der Waals surface area contributed by atoms with E-state index in [1.165, 1.54) is 4.90 Å². The molecule has 2 heterocycles. The first-order valence-corrected chi connectivity index (χ1v) is 10.2. The van der Waals surface area contributed by atoms with Crippen LogP contribution in [0.15, 0.2) is 38.3 Å². The van der Waals surface area contributed by atoms with Gasteiger partial charge in [-0.3, -0.25) is 14.4 Å². The molecule has 1 amide bonds. The van der Waals surface area contributed by atoms with Crippen LogP contribution in [-0.2, 0) is 6.54 Å². The van der Waals surface area contributed by atoms with Crippen LogP contribution in [0.2, 0.25) is 5.02 Å². The number of benzene rings is 1. The number of aryl methyl sites for hydroxylation is 1. The Kier molecular flexibility index (Phi) is 5.25. The largest absolute Gasteiger partial charge is 0.464 e. The van der Waals surface area contributed by atoms with Crippen molar-refractivity contribution in [2.45, 2.75) is 32.8 Å². The Morgan fingerprint density at radius 1 is 1.23 bits per heavy atom. The lowest BCUT2D eigenvalue weighted by atomic mass is 10.1. The van der Waals surface area contributed by atoms with E-state index in [-0.39, 0.29) is 43.4 Å². The van der Waals surface area contributed by atoms with E-state index in [9.17, 15) is 19.5 Å². The highest BCUT2D eigenvalue weighted by Crippen LogP contribution is 2.37. The van der Waals surface area contributed by atoms with Crippen LogP contribution in [0, 0.1) is 6.92 Å². The van der Waals surface area contributed by atoms with E-state index >= 15 is 0 Å². The molecule has 3 aromatic rings. The van der Waals surface area contributed by atoms with E-state index in [1.54, 1.807) is 38.1 Å². The van der Waals surface area contributed by atoms with Gasteiger partial charge in [0.05, 0.1) is 25.2 Å². The van der Waals surface area contributed by atoms with Gasteiger partial charge in [-0.2, -0.15) is 0 Å². The van der Waals surface area contributed by atoms with Crippen LogP contribution in [0.4, 0.5) is 17.1 Å². The van der Waals surface area contributed by atoms with E-state index in [0.29, 0.717) is 33.4 Å². The van der Waals surface area contributed by atoms with Crippen molar-refractivity contribution in [3.63, 3.8) is 0 Å². The summed E-state index contributed by atoms with van der Waals surface area (Å²) in [6.45, 7) is 3.71. The summed E-state index contributed by atoms with van der Waals surface area (Å²) in [7, 11) is 0. The van der Waals surface area contributed by atoms with Gasteiger partial charge in [-0.1, -0.05) is 18.5 Å². The third kappa shape index (κ3) is 3.62. The van der Waals surface area contributed by atoms with Crippen LogP contribution in [0.5, 0.6) is 0 Å². The molecule has 8 nitrogen and oxygen atoms in total. The van der Waals surface area contributed by atoms with E-state index in [0.717, 1.165) is 0 Å². The average Bonchev–Trinajstić information content (AvgIpc) is 3.37. The smallest absolute Gasteiger partial charge is 0.256 e. The van der Waals surface area contributed by atoms with Crippen molar-refractivity contribution in [1.29, 1.82) is 0 Å². The number of nitrogens with zero attached hydrogens (tertiary/aromatic N) is 1. The number of furan rings is 1. The second kappa shape index (κ2) is 8.20. The minimum absolute atomic E-state index is 0.0266. The summed E-state index contributed by atoms with van der Waals surface area (Å²) in [6.07, 6.45) is 0.267. The lowest BCUT2D eigenvalue weighted by Crippen LogP contribution is -2.37. The molecule has 0 aliphatic carbocycles. The Bertz CT molecular complexity index is 1280. The maximum Gasteiger partial charge on any atom is 0.256 e. The number of β-amino-alcohol motifs (C(OH)–C–C–N with tert-alkyl or cyclic N) is 1. The Hall–Kier alpha value is -3.10. The third-order valence-corrected chi connectivity index (χ3v) is 5.67. The second-order valence-corrected chi connectivity index (χ2v) is 7.71. The Labute approximate surface area is 184 Å². The van der Waals surface area contributed by atoms with E-state index in [1.807, 2.05) is 0 Å². The Balaban J connectivity index is 1.69. The number of rotatable bonds is 8. The van der Waals surface area contributed by atoms with Gasteiger partial charge in [0.15, 0.2) is 0 Å². The van der Waals surface area contributed by atoms with E-state index in [4.69, 9.17) is 17.4 Å². The number of aliphatic hydroxyl groups is 1. The summed E-state index contributed by atoms with van der Waals surface area (Å²) in [5.74, 6) is 0.610. The summed E-state index contributed by atoms with van der Waals surface area (Å²) in [5, 5.41) is 15.4. The summed E-state index contributed by atoms with van der Waals surface area (Å²) in [6, 6.07) is 5.08. The molecule has 2 aromatic carbocycles. The predicted molar refractivity (Wildman–Crippen MR) is 118 cm³/mol. The van der Waals surface area contributed by atoms with Crippen molar-refractivity contribution >= 4 is 34.6 Å². The molecule has 31 heavy (non-hydrogen) atoms. The second-order valence-electron chi connectivity index (χ2n) is 7.30. The van der Waals surface area contributed by atoms with Crippen LogP contribution in [0.1, 0.15) is 48.2 Å². The van der Waals surface area contributed by atoms with E-state index in [2.05, 4.69) is 10.6 Å². The molecule has 162 valence electrons. The molecular weight excluding hydrogens is 422 g/mol. The van der Waals surface area contributed by atoms with Crippen LogP contribution in [0.3, 0.4) is 0 Å². The highest BCUT2D eigenvalue weighted by atomic mass is 35.5. The minimum Gasteiger partial charge on any atom is -0.464 e. The molecule has 0 radical (unpaired) electrons. The van der Waals surface area contributed by atoms with Gasteiger partial charge in [0.25, 0.3) is 16.8 Å². The molecule has 3 N–H and O–H groups in total. The van der Waals surface area contributed by atoms with Crippen molar-refractivity contribution < 1.29 is 15.7 Å². The number of anilines is 3. The molecule has 4 rings (SSSR count). The SMILES string of the molecule is [2H]C(CC)(Nc1c(Nc2ccc(Cl)c3c2C(=O)N(CCO)C3)c(=O)c1=O)c1ccc(C)o1. The van der Waals surface area contributed by atoms with Gasteiger partial charge in [-0.05, 0) is 37.6 Å². The molecule has 0 fully saturated rings. The normalized spacial score (nSPS) is 15.7. The number of carbonyl (C=O) groups excluding carboxylic acids is 1. The van der Waals surface area contributed by atoms with Gasteiger partial charge in [-0.15, -0.1) is 0 Å². The van der Waals surface area contributed by atoms with Gasteiger partial charge in [-0.25, -0.2) is 0 Å². The first kappa shape index (κ1) is 19.8. The first-order chi connectivity index (χ1) is 15.2. The average molecular weight is 445 g/mol. The molecule has 9 heteroatoms. The fourth-order valence-corrected chi connectivity index (χ4v) is 3.90. The topological polar surface area (TPSA) is 112 Å². The van der Waals surface area contributed by atoms with Crippen LogP contribution < -0.4 is 21.5 Å². The standard InChI is InChI=1S/C22H22ClN3O5/c1-3-14(16-7-4-11(2)31-16)24-18-19(21(29)20(18)28)25-15-6-5-13(23)12-10-26(8-9-27)22(30)17(12)15/h4-7,14,24-25,27H,3,8-10H2,1-2H3/i14D. The number of hydrogen-bond acceptors (Lipinski definition) is 7. The van der Waals surface area contributed by atoms with Crippen LogP contribution in [-0.4, -0.2) is 29.1 Å². The molecule has 1 aliphatic rings. The highest BCUT2D eigenvalue weighted by molar-refractivity contribution is 6.32. The molecular formula is C22H22ClN3O5. The molecule has 0 saturated heterocycles. The van der Waals surface area contributed by atoms with Gasteiger partial charge in [0.2, 0.25) is 0 Å². The fourth-order valence-electron chi connectivity index (χ4n) is 3.68. The number of amides is 1. The molecule has 1 unspecified atom stereocenters. The highest BCUT2D eigenvalue weighted by Gasteiger charge is 2.33. The van der Waals surface area contributed by atoms with Crippen molar-refractivity contribution in [2.75, 3.05) is 23.8 Å². The lowest BCUT2D eigenvalue weighted by Gasteiger charge is -2.21. The number of hydrogen-bond donors (Lipinski definition) is 3. The molecule has 1 aromatic heterocycles. The zero-order valence-corrected chi connectivity index (χ0v) is 17.8. The maximum atomic E-state index is 12.8. The number of aliphatic hydroxyl groups excluding tert-OH is 1. The molecule has 1 aliphatic heterocycles. The number of halogens is 1. The summed E-state index contributed by atoms with van der Waals surface area (Å²) in [5.41, 5.74) is -0.367. The number of fused-ring (bicyclic) bond motifs is 1. The van der Waals surface area contributed by atoms with Crippen molar-refractivity contribution in [1.82, 2.24) is 4.90 Å². The minimum atomic E-state index is -1.46. The predicted octanol–water partition coefficient (Wildman–Crippen LogP) is 3.09. The van der Waals surface area contributed by atoms with Crippen molar-refractivity contribution in [2.24, 2.45) is 0 Å². The zero-order valence-electron chi connectivity index (χ0n) is 18.0. The van der Waals surface area contributed by atoms with E-state index < -0.39 is 16.9 Å². The molecule has 1 atom stereocenters. The monoisotopic (exact) mass is 444 g/mol. The zero-order chi connectivity index (χ0) is 23.2. The van der Waals surface area contributed by atoms with Gasteiger partial charge in [0.1, 0.15) is 22.9 Å². The van der Waals surface area contributed by atoms with Crippen molar-refractivity contribution in [3.05, 3.63) is 72.4 Å². The molecule has 0 spiro atoms. The Morgan fingerprint density at radius 3 is 2.61 bits per heavy atom. The summed E-state index contributed by atoms with van der Waals surface area (Å²) in [4.78, 5) is 39.0. The van der Waals surface area contributed by atoms with Gasteiger partial charge < -0.3 is 25.1 Å². The summed E-state index contributed by atoms with van der Waals surface area (Å²) >= 11 is 6.26. The first-order valence-electron chi connectivity index (χ1n) is 10.4. The number of carbonyl (C=O) groups is 1. The maximum absolute atomic E-state index is 12.8. The third-order valence-electron chi connectivity index (χ3n) is 5.31. The van der Waals surface area contributed by atoms with Crippen LogP contribution in [0.25, 0.3) is 0 Å². The van der Waals surface area contributed by atoms with Crippen molar-refractivity contribution in [3.8, 4) is 0 Å². The van der Waals surface area contributed by atoms with Crippen LogP contribution >= 0.6 is 11.6 Å². The van der Waals surface area contributed by atoms with Gasteiger partial charge >= 0.3 is 0 Å². The lowest BCUT2D eigenvalue weighted by molar-refractivity contribution is 0.0746. The quantitative estimate of drug-likeness (QED) is 0.457. The Morgan fingerprint density at radius 2 is 1.97 bits per heavy atom. The molecule has 0 bridgehead atoms.